The minimum Gasteiger partial charge on any atom is -0.478 e. The summed E-state index contributed by atoms with van der Waals surface area (Å²) in [5, 5.41) is 16.4. The zero-order chi connectivity index (χ0) is 36.2. The standard InChI is InChI=1S/C36H47N7O3S.C2H6/c1-23-11-9-12-24(2)32(23)29-16-31(42-34(41-29)43-47-28-14-10-13-25(15-28)33(44)45)46-21-26(17-35(3,4)5)37-20-30-38-18-27(19-39-30)40-22-36(6,7)8;1-2/h9-16,18-19,26,37,40H,17,20-22H2,1-8H3,(H,44,45)(H,41,42,43);1-2H3. The maximum Gasteiger partial charge on any atom is 0.335 e. The normalized spacial score (nSPS) is 12.0. The molecule has 1 unspecified atom stereocenters. The summed E-state index contributed by atoms with van der Waals surface area (Å²) in [6, 6.07) is 14.7. The lowest BCUT2D eigenvalue weighted by atomic mass is 9.88. The first kappa shape index (κ1) is 39.2. The Morgan fingerprint density at radius 2 is 1.57 bits per heavy atom. The first-order valence-corrected chi connectivity index (χ1v) is 17.6. The lowest BCUT2D eigenvalue weighted by Gasteiger charge is -2.27. The molecule has 10 nitrogen and oxygen atoms in total. The lowest BCUT2D eigenvalue weighted by Crippen LogP contribution is -2.38. The summed E-state index contributed by atoms with van der Waals surface area (Å²) in [6.07, 6.45) is 4.50. The molecular weight excluding hydrogens is 635 g/mol. The molecule has 0 aliphatic carbocycles. The number of anilines is 2. The highest BCUT2D eigenvalue weighted by Crippen LogP contribution is 2.30. The molecule has 264 valence electrons. The molecular formula is C38H53N7O3S. The van der Waals surface area contributed by atoms with E-state index in [-0.39, 0.29) is 22.4 Å². The molecule has 0 spiro atoms. The predicted molar refractivity (Wildman–Crippen MR) is 201 cm³/mol. The molecule has 2 aromatic heterocycles. The van der Waals surface area contributed by atoms with Crippen molar-refractivity contribution < 1.29 is 14.6 Å². The van der Waals surface area contributed by atoms with Crippen LogP contribution in [0.15, 0.2) is 65.8 Å². The Kier molecular flexibility index (Phi) is 14.4. The minimum atomic E-state index is -0.980. The Morgan fingerprint density at radius 1 is 0.918 bits per heavy atom. The van der Waals surface area contributed by atoms with Gasteiger partial charge in [-0.05, 0) is 72.4 Å². The van der Waals surface area contributed by atoms with Gasteiger partial charge < -0.3 is 20.5 Å². The maximum atomic E-state index is 11.5. The second-order valence-electron chi connectivity index (χ2n) is 14.2. The third kappa shape index (κ3) is 13.3. The van der Waals surface area contributed by atoms with Gasteiger partial charge in [-0.1, -0.05) is 79.7 Å². The fraction of sp³-hybridized carbons (Fsp3) is 0.447. The average Bonchev–Trinajstić information content (AvgIpc) is 3.04. The van der Waals surface area contributed by atoms with E-state index in [2.05, 4.69) is 97.8 Å². The molecule has 4 aromatic rings. The summed E-state index contributed by atoms with van der Waals surface area (Å²) in [7, 11) is 0. The molecule has 4 rings (SSSR count). The van der Waals surface area contributed by atoms with E-state index in [4.69, 9.17) is 9.72 Å². The monoisotopic (exact) mass is 687 g/mol. The van der Waals surface area contributed by atoms with Gasteiger partial charge in [-0.15, -0.1) is 0 Å². The smallest absolute Gasteiger partial charge is 0.335 e. The Labute approximate surface area is 296 Å². The van der Waals surface area contributed by atoms with Gasteiger partial charge in [-0.2, -0.15) is 4.98 Å². The van der Waals surface area contributed by atoms with Crippen molar-refractivity contribution in [2.75, 3.05) is 23.2 Å². The van der Waals surface area contributed by atoms with Crippen LogP contribution in [0.1, 0.15) is 89.1 Å². The molecule has 0 saturated heterocycles. The molecule has 2 heterocycles. The second kappa shape index (κ2) is 18.0. The van der Waals surface area contributed by atoms with Crippen molar-refractivity contribution in [2.24, 2.45) is 10.8 Å². The highest BCUT2D eigenvalue weighted by atomic mass is 32.2. The summed E-state index contributed by atoms with van der Waals surface area (Å²) in [4.78, 5) is 30.8. The summed E-state index contributed by atoms with van der Waals surface area (Å²) in [5.74, 6) is 0.526. The number of ether oxygens (including phenoxy) is 1. The van der Waals surface area contributed by atoms with E-state index < -0.39 is 5.97 Å². The van der Waals surface area contributed by atoms with Crippen molar-refractivity contribution in [1.82, 2.24) is 25.3 Å². The quantitative estimate of drug-likeness (QED) is 0.0948. The number of carboxylic acid groups (broad SMARTS) is 1. The number of carbonyl (C=O) groups is 1. The molecule has 4 N–H and O–H groups in total. The van der Waals surface area contributed by atoms with Gasteiger partial charge in [0, 0.05) is 29.1 Å². The number of rotatable bonds is 14. The summed E-state index contributed by atoms with van der Waals surface area (Å²) < 4.78 is 9.57. The minimum absolute atomic E-state index is 0.000414. The largest absolute Gasteiger partial charge is 0.478 e. The molecule has 0 aliphatic heterocycles. The fourth-order valence-electron chi connectivity index (χ4n) is 4.94. The molecule has 0 fully saturated rings. The summed E-state index contributed by atoms with van der Waals surface area (Å²) >= 11 is 1.24. The fourth-order valence-corrected chi connectivity index (χ4v) is 5.58. The van der Waals surface area contributed by atoms with Crippen molar-refractivity contribution in [2.45, 2.75) is 93.1 Å². The summed E-state index contributed by atoms with van der Waals surface area (Å²) in [6.45, 7) is 23.0. The van der Waals surface area contributed by atoms with Gasteiger partial charge in [-0.25, -0.2) is 19.7 Å². The molecule has 0 radical (unpaired) electrons. The molecule has 0 saturated carbocycles. The van der Waals surface area contributed by atoms with Crippen molar-refractivity contribution in [3.63, 3.8) is 0 Å². The van der Waals surface area contributed by atoms with Gasteiger partial charge in [0.25, 0.3) is 0 Å². The van der Waals surface area contributed by atoms with Crippen LogP contribution in [0, 0.1) is 24.7 Å². The Morgan fingerprint density at radius 3 is 2.18 bits per heavy atom. The number of aryl methyl sites for hydroxylation is 2. The zero-order valence-electron chi connectivity index (χ0n) is 30.6. The SMILES string of the molecule is CC.Cc1cccc(C)c1-c1cc(OCC(CC(C)(C)C)NCc2ncc(NCC(C)(C)C)cn2)nc(NSc2cccc(C(=O)O)c2)n1. The second-order valence-corrected chi connectivity index (χ2v) is 15.1. The van der Waals surface area contributed by atoms with Gasteiger partial charge in [0.2, 0.25) is 11.8 Å². The van der Waals surface area contributed by atoms with E-state index in [1.807, 2.05) is 44.4 Å². The maximum absolute atomic E-state index is 11.5. The third-order valence-electron chi connectivity index (χ3n) is 7.15. The van der Waals surface area contributed by atoms with Crippen LogP contribution in [0.4, 0.5) is 11.6 Å². The summed E-state index contributed by atoms with van der Waals surface area (Å²) in [5.41, 5.74) is 5.26. The molecule has 49 heavy (non-hydrogen) atoms. The van der Waals surface area contributed by atoms with E-state index in [9.17, 15) is 9.90 Å². The number of aromatic nitrogens is 4. The van der Waals surface area contributed by atoms with Crippen molar-refractivity contribution in [3.05, 3.63) is 83.4 Å². The third-order valence-corrected chi connectivity index (χ3v) is 7.92. The van der Waals surface area contributed by atoms with Crippen LogP contribution in [0.2, 0.25) is 0 Å². The Hall–Kier alpha value is -4.22. The van der Waals surface area contributed by atoms with Crippen molar-refractivity contribution in [3.8, 4) is 17.1 Å². The van der Waals surface area contributed by atoms with Gasteiger partial charge >= 0.3 is 5.97 Å². The molecule has 0 bridgehead atoms. The van der Waals surface area contributed by atoms with Gasteiger partial charge in [-0.3, -0.25) is 4.72 Å². The van der Waals surface area contributed by atoms with E-state index in [1.165, 1.54) is 11.9 Å². The number of hydrogen-bond donors (Lipinski definition) is 4. The van der Waals surface area contributed by atoms with Gasteiger partial charge in [0.05, 0.1) is 35.9 Å². The van der Waals surface area contributed by atoms with E-state index in [1.54, 1.807) is 18.2 Å². The Bertz CT molecular complexity index is 1630. The molecule has 11 heteroatoms. The molecule has 0 aliphatic rings. The van der Waals surface area contributed by atoms with Crippen LogP contribution in [0.25, 0.3) is 11.3 Å². The highest BCUT2D eigenvalue weighted by molar-refractivity contribution is 8.00. The zero-order valence-corrected chi connectivity index (χ0v) is 31.5. The number of hydrogen-bond acceptors (Lipinski definition) is 10. The van der Waals surface area contributed by atoms with Crippen molar-refractivity contribution >= 4 is 29.6 Å². The first-order valence-electron chi connectivity index (χ1n) is 16.8. The van der Waals surface area contributed by atoms with Crippen LogP contribution in [0.3, 0.4) is 0 Å². The van der Waals surface area contributed by atoms with Crippen molar-refractivity contribution in [1.29, 1.82) is 0 Å². The van der Waals surface area contributed by atoms with E-state index >= 15 is 0 Å². The van der Waals surface area contributed by atoms with Crippen LogP contribution >= 0.6 is 11.9 Å². The number of carboxylic acids is 1. The van der Waals surface area contributed by atoms with Gasteiger partial charge in [0.15, 0.2) is 0 Å². The predicted octanol–water partition coefficient (Wildman–Crippen LogP) is 8.83. The molecule has 0 amide bonds. The van der Waals surface area contributed by atoms with Crippen LogP contribution < -0.4 is 20.1 Å². The number of benzene rings is 2. The van der Waals surface area contributed by atoms with Crippen LogP contribution in [-0.4, -0.2) is 50.2 Å². The molecule has 1 atom stereocenters. The number of aromatic carboxylic acids is 1. The average molecular weight is 688 g/mol. The van der Waals surface area contributed by atoms with Crippen LogP contribution in [-0.2, 0) is 6.54 Å². The lowest BCUT2D eigenvalue weighted by molar-refractivity contribution is 0.0696. The topological polar surface area (TPSA) is 134 Å². The number of nitrogens with one attached hydrogen (secondary N) is 3. The molecule has 2 aromatic carbocycles. The van der Waals surface area contributed by atoms with E-state index in [0.717, 1.165) is 45.9 Å². The van der Waals surface area contributed by atoms with Gasteiger partial charge in [0.1, 0.15) is 12.4 Å². The highest BCUT2D eigenvalue weighted by Gasteiger charge is 2.21. The number of nitrogens with zero attached hydrogens (tertiary/aromatic N) is 4. The van der Waals surface area contributed by atoms with E-state index in [0.29, 0.717) is 30.8 Å². The Balaban J connectivity index is 0.00000319. The first-order chi connectivity index (χ1) is 23.1. The van der Waals surface area contributed by atoms with Crippen LogP contribution in [0.5, 0.6) is 5.88 Å².